The van der Waals surface area contributed by atoms with Crippen molar-refractivity contribution in [2.45, 2.75) is 38.9 Å². The van der Waals surface area contributed by atoms with Gasteiger partial charge in [-0.25, -0.2) is 15.1 Å². The number of amides is 1. The predicted molar refractivity (Wildman–Crippen MR) is 92.0 cm³/mol. The first-order valence-corrected chi connectivity index (χ1v) is 8.23. The van der Waals surface area contributed by atoms with Gasteiger partial charge in [-0.15, -0.1) is 0 Å². The average Bonchev–Trinajstić information content (AvgIpc) is 2.64. The lowest BCUT2D eigenvalue weighted by molar-refractivity contribution is -0.198. The summed E-state index contributed by atoms with van der Waals surface area (Å²) in [6.07, 6.45) is 8.83. The van der Waals surface area contributed by atoms with Gasteiger partial charge < -0.3 is 9.84 Å². The molecule has 1 unspecified atom stereocenters. The standard InChI is InChI=1S/C18H22N2O5/c1-2-14(18(22)23)11-13-6-7-15(19-12-13)8-9-16(21)20-25-17-5-3-4-10-24-17/h6-9,11-12,17H,2-5,10H2,1H3,(H,20,21)(H,22,23). The van der Waals surface area contributed by atoms with Crippen LogP contribution in [-0.2, 0) is 19.2 Å². The van der Waals surface area contributed by atoms with Gasteiger partial charge in [0.15, 0.2) is 6.29 Å². The molecule has 1 saturated heterocycles. The number of carbonyl (C=O) groups is 2. The Hall–Kier alpha value is -2.51. The first-order chi connectivity index (χ1) is 12.1. The molecule has 0 bridgehead atoms. The van der Waals surface area contributed by atoms with E-state index in [4.69, 9.17) is 14.7 Å². The summed E-state index contributed by atoms with van der Waals surface area (Å²) in [5.41, 5.74) is 3.91. The molecule has 0 saturated carbocycles. The number of carboxylic acid groups (broad SMARTS) is 1. The Balaban J connectivity index is 1.86. The summed E-state index contributed by atoms with van der Waals surface area (Å²) < 4.78 is 5.34. The highest BCUT2D eigenvalue weighted by Gasteiger charge is 2.14. The van der Waals surface area contributed by atoms with Gasteiger partial charge in [-0.2, -0.15) is 0 Å². The van der Waals surface area contributed by atoms with Crippen LogP contribution in [0.15, 0.2) is 30.0 Å². The number of carboxylic acids is 1. The summed E-state index contributed by atoms with van der Waals surface area (Å²) in [6.45, 7) is 2.42. The van der Waals surface area contributed by atoms with Crippen LogP contribution in [0.1, 0.15) is 43.9 Å². The molecule has 1 aromatic heterocycles. The second kappa shape index (κ2) is 9.71. The van der Waals surface area contributed by atoms with Crippen LogP contribution in [0.3, 0.4) is 0 Å². The van der Waals surface area contributed by atoms with E-state index in [1.807, 2.05) is 0 Å². The third kappa shape index (κ3) is 6.48. The van der Waals surface area contributed by atoms with Crippen molar-refractivity contribution in [2.75, 3.05) is 6.61 Å². The minimum absolute atomic E-state index is 0.312. The van der Waals surface area contributed by atoms with E-state index in [9.17, 15) is 9.59 Å². The van der Waals surface area contributed by atoms with Crippen molar-refractivity contribution in [1.29, 1.82) is 0 Å². The molecule has 0 aliphatic carbocycles. The summed E-state index contributed by atoms with van der Waals surface area (Å²) in [5, 5.41) is 9.01. The molecule has 1 atom stereocenters. The summed E-state index contributed by atoms with van der Waals surface area (Å²) in [7, 11) is 0. The lowest BCUT2D eigenvalue weighted by atomic mass is 10.1. The van der Waals surface area contributed by atoms with Crippen LogP contribution in [-0.4, -0.2) is 34.9 Å². The van der Waals surface area contributed by atoms with Gasteiger partial charge in [-0.3, -0.25) is 9.78 Å². The molecule has 7 nitrogen and oxygen atoms in total. The van der Waals surface area contributed by atoms with Crippen molar-refractivity contribution in [3.05, 3.63) is 41.2 Å². The third-order valence-electron chi connectivity index (χ3n) is 3.64. The zero-order chi connectivity index (χ0) is 18.1. The van der Waals surface area contributed by atoms with Crippen molar-refractivity contribution in [3.8, 4) is 0 Å². The van der Waals surface area contributed by atoms with Gasteiger partial charge in [0, 0.05) is 30.9 Å². The Labute approximate surface area is 146 Å². The number of aliphatic carboxylic acids is 1. The smallest absolute Gasteiger partial charge is 0.331 e. The van der Waals surface area contributed by atoms with Crippen LogP contribution < -0.4 is 5.48 Å². The molecule has 2 N–H and O–H groups in total. The number of aromatic nitrogens is 1. The molecule has 1 aliphatic heterocycles. The van der Waals surface area contributed by atoms with Crippen molar-refractivity contribution >= 4 is 24.0 Å². The Morgan fingerprint density at radius 2 is 2.28 bits per heavy atom. The first kappa shape index (κ1) is 18.8. The normalized spacial score (nSPS) is 18.3. The summed E-state index contributed by atoms with van der Waals surface area (Å²) in [4.78, 5) is 32.0. The highest BCUT2D eigenvalue weighted by molar-refractivity contribution is 5.92. The lowest BCUT2D eigenvalue weighted by Gasteiger charge is -2.21. The molecule has 0 aromatic carbocycles. The number of nitrogens with zero attached hydrogens (tertiary/aromatic N) is 1. The molecule has 1 fully saturated rings. The number of pyridine rings is 1. The Kier molecular flexibility index (Phi) is 7.31. The predicted octanol–water partition coefficient (Wildman–Crippen LogP) is 2.55. The van der Waals surface area contributed by atoms with E-state index in [0.29, 0.717) is 29.9 Å². The van der Waals surface area contributed by atoms with Crippen LogP contribution >= 0.6 is 0 Å². The van der Waals surface area contributed by atoms with E-state index in [2.05, 4.69) is 10.5 Å². The summed E-state index contributed by atoms with van der Waals surface area (Å²) in [5.74, 6) is -1.34. The maximum Gasteiger partial charge on any atom is 0.331 e. The SMILES string of the molecule is CCC(=Cc1ccc(C=CC(=O)NOC2CCCCO2)nc1)C(=O)O. The van der Waals surface area contributed by atoms with Crippen molar-refractivity contribution in [2.24, 2.45) is 0 Å². The minimum atomic E-state index is -0.940. The second-order valence-corrected chi connectivity index (χ2v) is 5.56. The van der Waals surface area contributed by atoms with Crippen LogP contribution in [0.4, 0.5) is 0 Å². The number of nitrogens with one attached hydrogen (secondary N) is 1. The van der Waals surface area contributed by atoms with Crippen molar-refractivity contribution in [1.82, 2.24) is 10.5 Å². The number of hydrogen-bond donors (Lipinski definition) is 2. The van der Waals surface area contributed by atoms with Crippen LogP contribution in [0.2, 0.25) is 0 Å². The van der Waals surface area contributed by atoms with Gasteiger partial charge in [0.1, 0.15) is 0 Å². The van der Waals surface area contributed by atoms with Gasteiger partial charge in [0.2, 0.25) is 0 Å². The number of ether oxygens (including phenoxy) is 1. The largest absolute Gasteiger partial charge is 0.478 e. The summed E-state index contributed by atoms with van der Waals surface area (Å²) in [6, 6.07) is 3.45. The Morgan fingerprint density at radius 1 is 1.44 bits per heavy atom. The molecular weight excluding hydrogens is 324 g/mol. The van der Waals surface area contributed by atoms with E-state index in [1.54, 1.807) is 37.4 Å². The maximum atomic E-state index is 11.7. The molecule has 2 heterocycles. The van der Waals surface area contributed by atoms with Crippen molar-refractivity contribution < 1.29 is 24.3 Å². The van der Waals surface area contributed by atoms with Gasteiger partial charge in [-0.1, -0.05) is 13.0 Å². The molecule has 25 heavy (non-hydrogen) atoms. The third-order valence-corrected chi connectivity index (χ3v) is 3.64. The maximum absolute atomic E-state index is 11.7. The minimum Gasteiger partial charge on any atom is -0.478 e. The van der Waals surface area contributed by atoms with Crippen molar-refractivity contribution in [3.63, 3.8) is 0 Å². The van der Waals surface area contributed by atoms with E-state index >= 15 is 0 Å². The monoisotopic (exact) mass is 346 g/mol. The molecule has 2 rings (SSSR count). The molecule has 1 aliphatic rings. The summed E-state index contributed by atoms with van der Waals surface area (Å²) >= 11 is 0. The highest BCUT2D eigenvalue weighted by Crippen LogP contribution is 2.12. The number of carbonyl (C=O) groups excluding carboxylic acids is 1. The van der Waals surface area contributed by atoms with Crippen LogP contribution in [0.5, 0.6) is 0 Å². The quantitative estimate of drug-likeness (QED) is 0.582. The van der Waals surface area contributed by atoms with Gasteiger partial charge in [0.25, 0.3) is 5.91 Å². The fraction of sp³-hybridized carbons (Fsp3) is 0.389. The molecular formula is C18H22N2O5. The second-order valence-electron chi connectivity index (χ2n) is 5.56. The van der Waals surface area contributed by atoms with Crippen LogP contribution in [0, 0.1) is 0 Å². The van der Waals surface area contributed by atoms with E-state index in [-0.39, 0.29) is 0 Å². The molecule has 0 spiro atoms. The molecule has 7 heteroatoms. The van der Waals surface area contributed by atoms with E-state index < -0.39 is 18.2 Å². The molecule has 1 aromatic rings. The zero-order valence-corrected chi connectivity index (χ0v) is 14.1. The van der Waals surface area contributed by atoms with Gasteiger partial charge in [-0.05, 0) is 43.0 Å². The van der Waals surface area contributed by atoms with Gasteiger partial charge >= 0.3 is 5.97 Å². The Morgan fingerprint density at radius 3 is 2.88 bits per heavy atom. The highest BCUT2D eigenvalue weighted by atomic mass is 16.8. The van der Waals surface area contributed by atoms with Crippen LogP contribution in [0.25, 0.3) is 12.2 Å². The molecule has 134 valence electrons. The number of hydroxylamine groups is 1. The average molecular weight is 346 g/mol. The molecule has 1 amide bonds. The fourth-order valence-electron chi connectivity index (χ4n) is 2.24. The first-order valence-electron chi connectivity index (χ1n) is 8.23. The number of rotatable bonds is 7. The topological polar surface area (TPSA) is 97.8 Å². The fourth-order valence-corrected chi connectivity index (χ4v) is 2.24. The van der Waals surface area contributed by atoms with Gasteiger partial charge in [0.05, 0.1) is 5.69 Å². The zero-order valence-electron chi connectivity index (χ0n) is 14.1. The van der Waals surface area contributed by atoms with E-state index in [1.165, 1.54) is 6.08 Å². The lowest BCUT2D eigenvalue weighted by Crippen LogP contribution is -2.32. The molecule has 0 radical (unpaired) electrons. The van der Waals surface area contributed by atoms with E-state index in [0.717, 1.165) is 19.3 Å². The number of hydrogen-bond acceptors (Lipinski definition) is 5. The Bertz CT molecular complexity index is 646.